The number of fused-ring (bicyclic) bond motifs is 1. The summed E-state index contributed by atoms with van der Waals surface area (Å²) in [7, 11) is 0. The van der Waals surface area contributed by atoms with Crippen LogP contribution in [0.25, 0.3) is 11.0 Å². The van der Waals surface area contributed by atoms with Crippen LogP contribution in [0.2, 0.25) is 0 Å². The largest absolute Gasteiger partial charge is 0.364 e. The molecule has 0 bridgehead atoms. The molecule has 1 atom stereocenters. The van der Waals surface area contributed by atoms with Crippen molar-refractivity contribution in [3.63, 3.8) is 0 Å². The third-order valence-corrected chi connectivity index (χ3v) is 4.30. The predicted molar refractivity (Wildman–Crippen MR) is 93.4 cm³/mol. The summed E-state index contributed by atoms with van der Waals surface area (Å²) in [5.41, 5.74) is 2.58. The number of aromatic nitrogens is 2. The molecule has 6 heteroatoms. The summed E-state index contributed by atoms with van der Waals surface area (Å²) in [4.78, 5) is 22.9. The van der Waals surface area contributed by atoms with Crippen LogP contribution in [0, 0.1) is 5.82 Å². The maximum absolute atomic E-state index is 13.0. The summed E-state index contributed by atoms with van der Waals surface area (Å²) in [6.45, 7) is 1.07. The SMILES string of the molecule is O=C1C[C@H](Nc2cnc3ccccc3n2)CN1Cc1ccc(F)cc1. The predicted octanol–water partition coefficient (Wildman–Crippen LogP) is 2.98. The highest BCUT2D eigenvalue weighted by Crippen LogP contribution is 2.19. The second kappa shape index (κ2) is 6.47. The first-order chi connectivity index (χ1) is 12.2. The lowest BCUT2D eigenvalue weighted by atomic mass is 10.2. The molecule has 5 nitrogen and oxygen atoms in total. The molecule has 1 amide bonds. The van der Waals surface area contributed by atoms with Gasteiger partial charge in [0.1, 0.15) is 11.6 Å². The Morgan fingerprint density at radius 2 is 1.88 bits per heavy atom. The van der Waals surface area contributed by atoms with E-state index in [4.69, 9.17) is 0 Å². The van der Waals surface area contributed by atoms with Crippen LogP contribution in [0.15, 0.2) is 54.7 Å². The van der Waals surface area contributed by atoms with E-state index in [9.17, 15) is 9.18 Å². The van der Waals surface area contributed by atoms with Gasteiger partial charge in [-0.1, -0.05) is 24.3 Å². The zero-order valence-electron chi connectivity index (χ0n) is 13.5. The average molecular weight is 336 g/mol. The lowest BCUT2D eigenvalue weighted by Crippen LogP contribution is -2.27. The van der Waals surface area contributed by atoms with Crippen molar-refractivity contribution in [2.45, 2.75) is 19.0 Å². The molecule has 1 aromatic heterocycles. The lowest BCUT2D eigenvalue weighted by molar-refractivity contribution is -0.128. The Bertz CT molecular complexity index is 913. The molecule has 25 heavy (non-hydrogen) atoms. The fraction of sp³-hybridized carbons (Fsp3) is 0.211. The molecule has 0 unspecified atom stereocenters. The van der Waals surface area contributed by atoms with Crippen molar-refractivity contribution < 1.29 is 9.18 Å². The Labute approximate surface area is 144 Å². The van der Waals surface area contributed by atoms with Crippen molar-refractivity contribution in [3.8, 4) is 0 Å². The number of likely N-dealkylation sites (tertiary alicyclic amines) is 1. The second-order valence-corrected chi connectivity index (χ2v) is 6.19. The number of anilines is 1. The van der Waals surface area contributed by atoms with Gasteiger partial charge >= 0.3 is 0 Å². The van der Waals surface area contributed by atoms with Crippen LogP contribution < -0.4 is 5.32 Å². The van der Waals surface area contributed by atoms with E-state index >= 15 is 0 Å². The minimum atomic E-state index is -0.272. The highest BCUT2D eigenvalue weighted by Gasteiger charge is 2.29. The van der Waals surface area contributed by atoms with E-state index in [0.29, 0.717) is 25.3 Å². The number of rotatable bonds is 4. The average Bonchev–Trinajstić information content (AvgIpc) is 2.96. The third-order valence-electron chi connectivity index (χ3n) is 4.30. The van der Waals surface area contributed by atoms with E-state index in [1.165, 1.54) is 12.1 Å². The Hall–Kier alpha value is -3.02. The van der Waals surface area contributed by atoms with Crippen LogP contribution in [0.3, 0.4) is 0 Å². The van der Waals surface area contributed by atoms with Gasteiger partial charge in [0, 0.05) is 19.5 Å². The van der Waals surface area contributed by atoms with E-state index in [0.717, 1.165) is 16.6 Å². The van der Waals surface area contributed by atoms with Gasteiger partial charge < -0.3 is 10.2 Å². The molecule has 4 rings (SSSR count). The maximum Gasteiger partial charge on any atom is 0.225 e. The molecular formula is C19H17FN4O. The van der Waals surface area contributed by atoms with Crippen molar-refractivity contribution in [2.24, 2.45) is 0 Å². The van der Waals surface area contributed by atoms with Gasteiger partial charge in [0.2, 0.25) is 5.91 Å². The summed E-state index contributed by atoms with van der Waals surface area (Å²) in [5, 5.41) is 3.29. The van der Waals surface area contributed by atoms with E-state index < -0.39 is 0 Å². The summed E-state index contributed by atoms with van der Waals surface area (Å²) in [6.07, 6.45) is 2.10. The standard InChI is InChI=1S/C19H17FN4O/c20-14-7-5-13(6-8-14)11-24-12-15(9-19(24)25)22-18-10-21-16-3-1-2-4-17(16)23-18/h1-8,10,15H,9,11-12H2,(H,22,23)/t15-/m0/s1. The molecule has 1 aliphatic rings. The molecule has 0 radical (unpaired) electrons. The molecule has 0 spiro atoms. The fourth-order valence-corrected chi connectivity index (χ4v) is 3.07. The number of carbonyl (C=O) groups excluding carboxylic acids is 1. The molecule has 0 aliphatic carbocycles. The van der Waals surface area contributed by atoms with E-state index in [1.54, 1.807) is 23.2 Å². The fourth-order valence-electron chi connectivity index (χ4n) is 3.07. The summed E-state index contributed by atoms with van der Waals surface area (Å²) in [6, 6.07) is 13.9. The number of benzene rings is 2. The number of amides is 1. The minimum Gasteiger partial charge on any atom is -0.364 e. The van der Waals surface area contributed by atoms with Gasteiger partial charge in [0.05, 0.1) is 23.3 Å². The first-order valence-electron chi connectivity index (χ1n) is 8.18. The van der Waals surface area contributed by atoms with Crippen molar-refractivity contribution >= 4 is 22.8 Å². The Morgan fingerprint density at radius 1 is 1.12 bits per heavy atom. The Kier molecular flexibility index (Phi) is 4.01. The van der Waals surface area contributed by atoms with Crippen molar-refractivity contribution in [2.75, 3.05) is 11.9 Å². The molecule has 1 saturated heterocycles. The van der Waals surface area contributed by atoms with Crippen molar-refractivity contribution in [1.82, 2.24) is 14.9 Å². The molecule has 2 aromatic carbocycles. The van der Waals surface area contributed by atoms with Crippen molar-refractivity contribution in [3.05, 3.63) is 66.1 Å². The van der Waals surface area contributed by atoms with Crippen LogP contribution in [0.1, 0.15) is 12.0 Å². The van der Waals surface area contributed by atoms with Gasteiger partial charge in [-0.15, -0.1) is 0 Å². The van der Waals surface area contributed by atoms with E-state index in [-0.39, 0.29) is 17.8 Å². The lowest BCUT2D eigenvalue weighted by Gasteiger charge is -2.17. The van der Waals surface area contributed by atoms with Crippen LogP contribution >= 0.6 is 0 Å². The quantitative estimate of drug-likeness (QED) is 0.796. The molecule has 2 heterocycles. The molecule has 0 saturated carbocycles. The van der Waals surface area contributed by atoms with Gasteiger partial charge in [0.25, 0.3) is 0 Å². The summed E-state index contributed by atoms with van der Waals surface area (Å²) in [5.74, 6) is 0.474. The number of hydrogen-bond donors (Lipinski definition) is 1. The second-order valence-electron chi connectivity index (χ2n) is 6.19. The highest BCUT2D eigenvalue weighted by molar-refractivity contribution is 5.80. The Balaban J connectivity index is 1.43. The maximum atomic E-state index is 13.0. The number of hydrogen-bond acceptors (Lipinski definition) is 4. The van der Waals surface area contributed by atoms with Crippen molar-refractivity contribution in [1.29, 1.82) is 0 Å². The number of nitrogens with one attached hydrogen (secondary N) is 1. The number of nitrogens with zero attached hydrogens (tertiary/aromatic N) is 3. The zero-order valence-corrected chi connectivity index (χ0v) is 13.5. The monoisotopic (exact) mass is 336 g/mol. The number of halogens is 1. The zero-order chi connectivity index (χ0) is 17.2. The first kappa shape index (κ1) is 15.5. The third kappa shape index (κ3) is 3.42. The number of para-hydroxylation sites is 2. The smallest absolute Gasteiger partial charge is 0.225 e. The van der Waals surface area contributed by atoms with Crippen LogP contribution in [-0.4, -0.2) is 33.4 Å². The topological polar surface area (TPSA) is 58.1 Å². The number of carbonyl (C=O) groups is 1. The van der Waals surface area contributed by atoms with Gasteiger partial charge in [-0.05, 0) is 29.8 Å². The highest BCUT2D eigenvalue weighted by atomic mass is 19.1. The van der Waals surface area contributed by atoms with Crippen LogP contribution in [0.4, 0.5) is 10.2 Å². The van der Waals surface area contributed by atoms with E-state index in [1.807, 2.05) is 24.3 Å². The van der Waals surface area contributed by atoms with Crippen LogP contribution in [0.5, 0.6) is 0 Å². The first-order valence-corrected chi connectivity index (χ1v) is 8.18. The Morgan fingerprint density at radius 3 is 2.68 bits per heavy atom. The summed E-state index contributed by atoms with van der Waals surface area (Å²) < 4.78 is 13.0. The van der Waals surface area contributed by atoms with Gasteiger partial charge in [-0.3, -0.25) is 9.78 Å². The summed E-state index contributed by atoms with van der Waals surface area (Å²) >= 11 is 0. The molecular weight excluding hydrogens is 319 g/mol. The normalized spacial score (nSPS) is 17.2. The molecule has 126 valence electrons. The van der Waals surface area contributed by atoms with Gasteiger partial charge in [0.15, 0.2) is 0 Å². The van der Waals surface area contributed by atoms with Gasteiger partial charge in [-0.25, -0.2) is 9.37 Å². The van der Waals surface area contributed by atoms with Gasteiger partial charge in [-0.2, -0.15) is 0 Å². The minimum absolute atomic E-state index is 0.0107. The molecule has 1 aliphatic heterocycles. The molecule has 1 fully saturated rings. The van der Waals surface area contributed by atoms with Crippen LogP contribution in [-0.2, 0) is 11.3 Å². The molecule has 1 N–H and O–H groups in total. The molecule has 3 aromatic rings. The van der Waals surface area contributed by atoms with E-state index in [2.05, 4.69) is 15.3 Å².